The molecule has 6 heteroatoms. The molecule has 0 saturated heterocycles. The second-order valence-corrected chi connectivity index (χ2v) is 4.64. The summed E-state index contributed by atoms with van der Waals surface area (Å²) in [6.07, 6.45) is 1.72. The minimum absolute atomic E-state index is 0.0194. The van der Waals surface area contributed by atoms with Crippen molar-refractivity contribution in [2.45, 2.75) is 12.8 Å². The van der Waals surface area contributed by atoms with E-state index in [0.29, 0.717) is 0 Å². The van der Waals surface area contributed by atoms with Crippen LogP contribution in [0.3, 0.4) is 0 Å². The highest BCUT2D eigenvalue weighted by molar-refractivity contribution is 5.99. The molecular formula is C14H14FNO4. The van der Waals surface area contributed by atoms with E-state index >= 15 is 0 Å². The van der Waals surface area contributed by atoms with E-state index in [1.165, 1.54) is 13.2 Å². The van der Waals surface area contributed by atoms with Gasteiger partial charge in [-0.1, -0.05) is 0 Å². The van der Waals surface area contributed by atoms with Crippen LogP contribution in [0.25, 0.3) is 0 Å². The number of rotatable bonds is 5. The number of hydrogen-bond donors (Lipinski definition) is 1. The average molecular weight is 279 g/mol. The second kappa shape index (κ2) is 5.81. The van der Waals surface area contributed by atoms with E-state index in [-0.39, 0.29) is 29.4 Å². The van der Waals surface area contributed by atoms with Gasteiger partial charge in [-0.25, -0.2) is 9.18 Å². The predicted molar refractivity (Wildman–Crippen MR) is 67.8 cm³/mol. The van der Waals surface area contributed by atoms with Crippen molar-refractivity contribution in [1.82, 2.24) is 5.32 Å². The summed E-state index contributed by atoms with van der Waals surface area (Å²) in [5.41, 5.74) is -0.0693. The standard InChI is InChI=1S/C14H14FNO4/c1-20-14(19)10-4-9(5-11(15)6-10)13(18)16-7-12(17)8-2-3-8/h4-6,8H,2-3,7H2,1H3,(H,16,18). The van der Waals surface area contributed by atoms with E-state index in [2.05, 4.69) is 10.1 Å². The second-order valence-electron chi connectivity index (χ2n) is 4.64. The quantitative estimate of drug-likeness (QED) is 0.825. The first-order valence-electron chi connectivity index (χ1n) is 6.21. The number of carbonyl (C=O) groups is 3. The number of ketones is 1. The van der Waals surface area contributed by atoms with E-state index in [9.17, 15) is 18.8 Å². The zero-order chi connectivity index (χ0) is 14.7. The van der Waals surface area contributed by atoms with Crippen molar-refractivity contribution in [3.05, 3.63) is 35.1 Å². The number of methoxy groups -OCH3 is 1. The van der Waals surface area contributed by atoms with Gasteiger partial charge in [0.2, 0.25) is 0 Å². The molecule has 0 unspecified atom stereocenters. The van der Waals surface area contributed by atoms with Gasteiger partial charge in [0.1, 0.15) is 5.82 Å². The zero-order valence-corrected chi connectivity index (χ0v) is 10.9. The van der Waals surface area contributed by atoms with Crippen molar-refractivity contribution in [3.8, 4) is 0 Å². The molecule has 1 aromatic carbocycles. The number of esters is 1. The monoisotopic (exact) mass is 279 g/mol. The Balaban J connectivity index is 2.06. The van der Waals surface area contributed by atoms with Crippen molar-refractivity contribution < 1.29 is 23.5 Å². The van der Waals surface area contributed by atoms with Crippen molar-refractivity contribution in [1.29, 1.82) is 0 Å². The maximum atomic E-state index is 13.4. The Morgan fingerprint density at radius 1 is 1.25 bits per heavy atom. The van der Waals surface area contributed by atoms with Crippen LogP contribution in [0.5, 0.6) is 0 Å². The highest BCUT2D eigenvalue weighted by atomic mass is 19.1. The molecule has 1 saturated carbocycles. The van der Waals surface area contributed by atoms with Gasteiger partial charge in [0.15, 0.2) is 5.78 Å². The van der Waals surface area contributed by atoms with Gasteiger partial charge in [0, 0.05) is 11.5 Å². The molecule has 0 bridgehead atoms. The molecule has 0 spiro atoms. The number of ether oxygens (including phenoxy) is 1. The minimum Gasteiger partial charge on any atom is -0.465 e. The minimum atomic E-state index is -0.729. The summed E-state index contributed by atoms with van der Waals surface area (Å²) >= 11 is 0. The van der Waals surface area contributed by atoms with Crippen LogP contribution in [-0.4, -0.2) is 31.3 Å². The Kier molecular flexibility index (Phi) is 4.12. The zero-order valence-electron chi connectivity index (χ0n) is 10.9. The maximum Gasteiger partial charge on any atom is 0.337 e. The average Bonchev–Trinajstić information content (AvgIpc) is 3.27. The van der Waals surface area contributed by atoms with Crippen molar-refractivity contribution in [2.75, 3.05) is 13.7 Å². The highest BCUT2D eigenvalue weighted by Gasteiger charge is 2.29. The summed E-state index contributed by atoms with van der Waals surface area (Å²) in [6, 6.07) is 3.22. The van der Waals surface area contributed by atoms with E-state index in [0.717, 1.165) is 25.0 Å². The SMILES string of the molecule is COC(=O)c1cc(F)cc(C(=O)NCC(=O)C2CC2)c1. The molecule has 5 nitrogen and oxygen atoms in total. The van der Waals surface area contributed by atoms with Crippen LogP contribution >= 0.6 is 0 Å². The van der Waals surface area contributed by atoms with Crippen LogP contribution < -0.4 is 5.32 Å². The molecule has 1 aliphatic carbocycles. The molecule has 0 aromatic heterocycles. The van der Waals surface area contributed by atoms with Gasteiger partial charge in [-0.2, -0.15) is 0 Å². The Labute approximate surface area is 115 Å². The van der Waals surface area contributed by atoms with Gasteiger partial charge in [-0.3, -0.25) is 9.59 Å². The van der Waals surface area contributed by atoms with Gasteiger partial charge in [0.05, 0.1) is 19.2 Å². The summed E-state index contributed by atoms with van der Waals surface area (Å²) in [6.45, 7) is -0.0758. The molecule has 0 radical (unpaired) electrons. The van der Waals surface area contributed by atoms with Gasteiger partial charge in [-0.05, 0) is 31.0 Å². The molecule has 106 valence electrons. The molecule has 0 aliphatic heterocycles. The number of nitrogens with one attached hydrogen (secondary N) is 1. The molecule has 1 fully saturated rings. The largest absolute Gasteiger partial charge is 0.465 e. The Morgan fingerprint density at radius 2 is 1.90 bits per heavy atom. The fraction of sp³-hybridized carbons (Fsp3) is 0.357. The first kappa shape index (κ1) is 14.2. The first-order valence-corrected chi connectivity index (χ1v) is 6.21. The summed E-state index contributed by atoms with van der Waals surface area (Å²) in [5, 5.41) is 2.42. The van der Waals surface area contributed by atoms with Crippen molar-refractivity contribution in [2.24, 2.45) is 5.92 Å². The fourth-order valence-electron chi connectivity index (χ4n) is 1.78. The molecule has 1 aliphatic rings. The number of hydrogen-bond acceptors (Lipinski definition) is 4. The number of carbonyl (C=O) groups excluding carboxylic acids is 3. The van der Waals surface area contributed by atoms with Gasteiger partial charge in [-0.15, -0.1) is 0 Å². The van der Waals surface area contributed by atoms with E-state index in [4.69, 9.17) is 0 Å². The Morgan fingerprint density at radius 3 is 2.50 bits per heavy atom. The van der Waals surface area contributed by atoms with Crippen LogP contribution in [-0.2, 0) is 9.53 Å². The van der Waals surface area contributed by atoms with E-state index < -0.39 is 17.7 Å². The number of Topliss-reactive ketones (excluding diaryl/α,β-unsaturated/α-hetero) is 1. The van der Waals surface area contributed by atoms with Gasteiger partial charge >= 0.3 is 5.97 Å². The van der Waals surface area contributed by atoms with E-state index in [1.807, 2.05) is 0 Å². The topological polar surface area (TPSA) is 72.5 Å². The normalized spacial score (nSPS) is 13.7. The molecule has 1 aromatic rings. The summed E-state index contributed by atoms with van der Waals surface area (Å²) in [4.78, 5) is 34.6. The number of halogens is 1. The third-order valence-corrected chi connectivity index (χ3v) is 3.04. The first-order chi connectivity index (χ1) is 9.51. The Bertz CT molecular complexity index is 566. The van der Waals surface area contributed by atoms with Gasteiger partial charge in [0.25, 0.3) is 5.91 Å². The Hall–Kier alpha value is -2.24. The van der Waals surface area contributed by atoms with Crippen molar-refractivity contribution >= 4 is 17.7 Å². The lowest BCUT2D eigenvalue weighted by Crippen LogP contribution is -2.30. The lowest BCUT2D eigenvalue weighted by molar-refractivity contribution is -0.119. The maximum absolute atomic E-state index is 13.4. The predicted octanol–water partition coefficient (Wildman–Crippen LogP) is 1.32. The molecule has 0 atom stereocenters. The third kappa shape index (κ3) is 3.40. The van der Waals surface area contributed by atoms with Crippen LogP contribution in [0.1, 0.15) is 33.6 Å². The lowest BCUT2D eigenvalue weighted by atomic mass is 10.1. The van der Waals surface area contributed by atoms with Crippen LogP contribution in [0.2, 0.25) is 0 Å². The molecular weight excluding hydrogens is 265 g/mol. The van der Waals surface area contributed by atoms with E-state index in [1.54, 1.807) is 0 Å². The van der Waals surface area contributed by atoms with Crippen LogP contribution in [0.4, 0.5) is 4.39 Å². The highest BCUT2D eigenvalue weighted by Crippen LogP contribution is 2.29. The molecule has 2 rings (SSSR count). The smallest absolute Gasteiger partial charge is 0.337 e. The molecule has 20 heavy (non-hydrogen) atoms. The summed E-state index contributed by atoms with van der Waals surface area (Å²) in [5.74, 6) is -2.01. The van der Waals surface area contributed by atoms with Crippen LogP contribution in [0.15, 0.2) is 18.2 Å². The summed E-state index contributed by atoms with van der Waals surface area (Å²) in [7, 11) is 1.17. The van der Waals surface area contributed by atoms with Gasteiger partial charge < -0.3 is 10.1 Å². The molecule has 0 heterocycles. The molecule has 1 amide bonds. The third-order valence-electron chi connectivity index (χ3n) is 3.04. The number of amides is 1. The molecule has 1 N–H and O–H groups in total. The lowest BCUT2D eigenvalue weighted by Gasteiger charge is -2.06. The summed E-state index contributed by atoms with van der Waals surface area (Å²) < 4.78 is 17.8. The fourth-order valence-corrected chi connectivity index (χ4v) is 1.78. The van der Waals surface area contributed by atoms with Crippen LogP contribution in [0, 0.1) is 11.7 Å². The van der Waals surface area contributed by atoms with Crippen molar-refractivity contribution in [3.63, 3.8) is 0 Å². The number of benzene rings is 1.